The number of hydrogen-bond donors (Lipinski definition) is 0. The van der Waals surface area contributed by atoms with Crippen LogP contribution >= 0.6 is 0 Å². The minimum atomic E-state index is -0.0905. The molecule has 22 heavy (non-hydrogen) atoms. The van der Waals surface area contributed by atoms with Gasteiger partial charge in [-0.15, -0.1) is 0 Å². The Morgan fingerprint density at radius 3 is 2.36 bits per heavy atom. The molecule has 0 spiro atoms. The molecule has 0 radical (unpaired) electrons. The molecule has 1 aromatic carbocycles. The Morgan fingerprint density at radius 1 is 1.14 bits per heavy atom. The molecule has 0 aliphatic carbocycles. The number of hydrogen-bond acceptors (Lipinski definition) is 4. The lowest BCUT2D eigenvalue weighted by atomic mass is 10.1. The van der Waals surface area contributed by atoms with E-state index in [0.29, 0.717) is 5.52 Å². The summed E-state index contributed by atoms with van der Waals surface area (Å²) in [5, 5.41) is 0. The second-order valence-electron chi connectivity index (χ2n) is 5.09. The van der Waals surface area contributed by atoms with E-state index in [2.05, 4.69) is 4.98 Å². The summed E-state index contributed by atoms with van der Waals surface area (Å²) in [6, 6.07) is 3.86. The molecule has 6 nitrogen and oxygen atoms in total. The third-order valence-corrected chi connectivity index (χ3v) is 3.80. The number of aromatic nitrogens is 3. The largest absolute Gasteiger partial charge is 0.496 e. The van der Waals surface area contributed by atoms with E-state index >= 15 is 0 Å². The van der Waals surface area contributed by atoms with Crippen LogP contribution in [0.15, 0.2) is 35.6 Å². The molecule has 0 atom stereocenters. The third-order valence-electron chi connectivity index (χ3n) is 3.80. The van der Waals surface area contributed by atoms with Gasteiger partial charge in [-0.25, -0.2) is 4.98 Å². The Labute approximate surface area is 127 Å². The van der Waals surface area contributed by atoms with Crippen molar-refractivity contribution in [3.05, 3.63) is 46.8 Å². The van der Waals surface area contributed by atoms with Gasteiger partial charge >= 0.3 is 0 Å². The summed E-state index contributed by atoms with van der Waals surface area (Å²) < 4.78 is 14.2. The summed E-state index contributed by atoms with van der Waals surface area (Å²) >= 11 is 0. The number of benzene rings is 1. The second-order valence-corrected chi connectivity index (χ2v) is 5.09. The maximum Gasteiger partial charge on any atom is 0.276 e. The Kier molecular flexibility index (Phi) is 3.36. The number of fused-ring (bicyclic) bond motifs is 1. The van der Waals surface area contributed by atoms with Crippen molar-refractivity contribution in [2.75, 3.05) is 14.2 Å². The van der Waals surface area contributed by atoms with Crippen LogP contribution in [0.4, 0.5) is 0 Å². The molecular formula is C16H17N3O3. The lowest BCUT2D eigenvalue weighted by Crippen LogP contribution is -2.18. The number of imidazole rings is 1. The van der Waals surface area contributed by atoms with E-state index in [0.717, 1.165) is 28.3 Å². The minimum absolute atomic E-state index is 0.0905. The average Bonchev–Trinajstić information content (AvgIpc) is 3.01. The van der Waals surface area contributed by atoms with Gasteiger partial charge in [0.2, 0.25) is 0 Å². The lowest BCUT2D eigenvalue weighted by Gasteiger charge is -2.14. The van der Waals surface area contributed by atoms with Crippen LogP contribution in [0.1, 0.15) is 5.56 Å². The van der Waals surface area contributed by atoms with Crippen molar-refractivity contribution in [1.82, 2.24) is 14.0 Å². The highest BCUT2D eigenvalue weighted by atomic mass is 16.5. The molecule has 0 aliphatic heterocycles. The summed E-state index contributed by atoms with van der Waals surface area (Å²) in [7, 11) is 4.97. The first-order valence-electron chi connectivity index (χ1n) is 6.81. The highest BCUT2D eigenvalue weighted by Crippen LogP contribution is 2.34. The van der Waals surface area contributed by atoms with Crippen LogP contribution < -0.4 is 15.0 Å². The highest BCUT2D eigenvalue weighted by molar-refractivity contribution is 5.68. The van der Waals surface area contributed by atoms with E-state index < -0.39 is 0 Å². The Hall–Kier alpha value is -2.76. The van der Waals surface area contributed by atoms with E-state index in [1.807, 2.05) is 19.1 Å². The summed E-state index contributed by atoms with van der Waals surface area (Å²) in [5.74, 6) is 1.47. The molecule has 0 saturated carbocycles. The molecule has 3 rings (SSSR count). The molecule has 114 valence electrons. The van der Waals surface area contributed by atoms with Gasteiger partial charge in [-0.05, 0) is 19.1 Å². The zero-order chi connectivity index (χ0) is 15.9. The van der Waals surface area contributed by atoms with Gasteiger partial charge in [-0.1, -0.05) is 0 Å². The second kappa shape index (κ2) is 5.22. The van der Waals surface area contributed by atoms with Gasteiger partial charge in [0.1, 0.15) is 17.0 Å². The molecule has 6 heteroatoms. The number of ether oxygens (including phenoxy) is 2. The van der Waals surface area contributed by atoms with E-state index in [-0.39, 0.29) is 5.56 Å². The molecule has 3 aromatic rings. The quantitative estimate of drug-likeness (QED) is 0.742. The van der Waals surface area contributed by atoms with E-state index in [1.165, 1.54) is 0 Å². The van der Waals surface area contributed by atoms with Crippen LogP contribution in [-0.2, 0) is 7.05 Å². The average molecular weight is 299 g/mol. The van der Waals surface area contributed by atoms with Crippen LogP contribution in [0, 0.1) is 6.92 Å². The first kappa shape index (κ1) is 14.2. The predicted octanol–water partition coefficient (Wildman–Crippen LogP) is 2.03. The molecule has 0 amide bonds. The van der Waals surface area contributed by atoms with Gasteiger partial charge < -0.3 is 14.0 Å². The van der Waals surface area contributed by atoms with Crippen molar-refractivity contribution in [2.45, 2.75) is 6.92 Å². The first-order chi connectivity index (χ1) is 10.6. The van der Waals surface area contributed by atoms with Crippen molar-refractivity contribution in [1.29, 1.82) is 0 Å². The number of aryl methyl sites for hydroxylation is 1. The van der Waals surface area contributed by atoms with E-state index in [1.54, 1.807) is 49.0 Å². The molecular weight excluding hydrogens is 282 g/mol. The number of nitrogens with zero attached hydrogens (tertiary/aromatic N) is 3. The Bertz CT molecular complexity index is 884. The topological polar surface area (TPSA) is 57.8 Å². The molecule has 2 heterocycles. The van der Waals surface area contributed by atoms with Crippen LogP contribution in [0.3, 0.4) is 0 Å². The summed E-state index contributed by atoms with van der Waals surface area (Å²) in [5.41, 5.74) is 3.09. The van der Waals surface area contributed by atoms with E-state index in [4.69, 9.17) is 9.47 Å². The molecule has 2 aromatic heterocycles. The molecule has 0 fully saturated rings. The van der Waals surface area contributed by atoms with E-state index in [9.17, 15) is 4.79 Å². The molecule has 0 saturated heterocycles. The molecule has 0 N–H and O–H groups in total. The minimum Gasteiger partial charge on any atom is -0.496 e. The third kappa shape index (κ3) is 2.04. The van der Waals surface area contributed by atoms with Gasteiger partial charge in [0.15, 0.2) is 0 Å². The zero-order valence-corrected chi connectivity index (χ0v) is 13.0. The smallest absolute Gasteiger partial charge is 0.276 e. The van der Waals surface area contributed by atoms with Crippen LogP contribution in [0.25, 0.3) is 16.8 Å². The molecule has 0 unspecified atom stereocenters. The maximum absolute atomic E-state index is 12.1. The normalized spacial score (nSPS) is 10.9. The number of methoxy groups -OCH3 is 2. The van der Waals surface area contributed by atoms with Gasteiger partial charge in [-0.3, -0.25) is 9.20 Å². The summed E-state index contributed by atoms with van der Waals surface area (Å²) in [6.45, 7) is 1.94. The van der Waals surface area contributed by atoms with Gasteiger partial charge in [-0.2, -0.15) is 0 Å². The van der Waals surface area contributed by atoms with Crippen molar-refractivity contribution in [3.63, 3.8) is 0 Å². The Morgan fingerprint density at radius 2 is 1.77 bits per heavy atom. The molecule has 0 bridgehead atoms. The monoisotopic (exact) mass is 299 g/mol. The fourth-order valence-electron chi connectivity index (χ4n) is 2.58. The van der Waals surface area contributed by atoms with Crippen LogP contribution in [0.2, 0.25) is 0 Å². The van der Waals surface area contributed by atoms with Crippen LogP contribution in [0.5, 0.6) is 11.5 Å². The van der Waals surface area contributed by atoms with Crippen molar-refractivity contribution in [2.24, 2.45) is 7.05 Å². The predicted molar refractivity (Wildman–Crippen MR) is 83.7 cm³/mol. The fraction of sp³-hybridized carbons (Fsp3) is 0.250. The Balaban J connectivity index is 2.35. The first-order valence-corrected chi connectivity index (χ1v) is 6.81. The summed E-state index contributed by atoms with van der Waals surface area (Å²) in [4.78, 5) is 16.2. The standard InChI is InChI=1S/C16H17N3O3/c1-10-14(21-3)5-11(6-15(10)22-4)13-8-18(2)16(20)12-7-17-9-19(12)13/h5-9H,1-4H3. The summed E-state index contributed by atoms with van der Waals surface area (Å²) in [6.07, 6.45) is 4.97. The van der Waals surface area contributed by atoms with Gasteiger partial charge in [0.05, 0.1) is 32.4 Å². The number of rotatable bonds is 3. The SMILES string of the molecule is COc1cc(-c2cn(C)c(=O)c3cncn23)cc(OC)c1C. The van der Waals surface area contributed by atoms with Crippen molar-refractivity contribution in [3.8, 4) is 22.8 Å². The zero-order valence-electron chi connectivity index (χ0n) is 13.0. The van der Waals surface area contributed by atoms with Gasteiger partial charge in [0, 0.05) is 24.4 Å². The highest BCUT2D eigenvalue weighted by Gasteiger charge is 2.14. The van der Waals surface area contributed by atoms with Crippen molar-refractivity contribution < 1.29 is 9.47 Å². The van der Waals surface area contributed by atoms with Crippen LogP contribution in [-0.4, -0.2) is 28.2 Å². The van der Waals surface area contributed by atoms with Crippen molar-refractivity contribution >= 4 is 5.52 Å². The fourth-order valence-corrected chi connectivity index (χ4v) is 2.58. The van der Waals surface area contributed by atoms with Gasteiger partial charge in [0.25, 0.3) is 5.56 Å². The maximum atomic E-state index is 12.1. The molecule has 0 aliphatic rings. The lowest BCUT2D eigenvalue weighted by molar-refractivity contribution is 0.389.